The summed E-state index contributed by atoms with van der Waals surface area (Å²) >= 11 is 0. The molecular weight excluding hydrogens is 160 g/mol. The second-order valence-corrected chi connectivity index (χ2v) is 4.92. The highest BCUT2D eigenvalue weighted by molar-refractivity contribution is 4.67. The van der Waals surface area contributed by atoms with Gasteiger partial charge in [0.2, 0.25) is 0 Å². The molecular formula is C12H26O. The fourth-order valence-corrected chi connectivity index (χ4v) is 2.10. The summed E-state index contributed by atoms with van der Waals surface area (Å²) in [5.74, 6) is 1.98. The summed E-state index contributed by atoms with van der Waals surface area (Å²) in [5.41, 5.74) is 0. The van der Waals surface area contributed by atoms with Crippen LogP contribution in [0.25, 0.3) is 0 Å². The van der Waals surface area contributed by atoms with E-state index in [0.29, 0.717) is 5.92 Å². The summed E-state index contributed by atoms with van der Waals surface area (Å²) in [6.45, 7) is 11.0. The largest absolute Gasteiger partial charge is 0.393 e. The Bertz CT molecular complexity index is 120. The molecule has 3 atom stereocenters. The van der Waals surface area contributed by atoms with Gasteiger partial charge in [-0.15, -0.1) is 0 Å². The van der Waals surface area contributed by atoms with Crippen LogP contribution in [0.5, 0.6) is 0 Å². The molecule has 0 amide bonds. The maximum absolute atomic E-state index is 9.61. The first kappa shape index (κ1) is 13.0. The Kier molecular flexibility index (Phi) is 6.40. The van der Waals surface area contributed by atoms with Crippen molar-refractivity contribution in [2.45, 2.75) is 60.0 Å². The standard InChI is InChI=1S/C12H26O/c1-6-12(13)11(5)8-10(4)7-9(2)3/h9-13H,6-8H2,1-5H3. The molecule has 0 spiro atoms. The van der Waals surface area contributed by atoms with Gasteiger partial charge >= 0.3 is 0 Å². The van der Waals surface area contributed by atoms with E-state index in [0.717, 1.165) is 24.7 Å². The fourth-order valence-electron chi connectivity index (χ4n) is 2.10. The van der Waals surface area contributed by atoms with E-state index < -0.39 is 0 Å². The summed E-state index contributed by atoms with van der Waals surface area (Å²) in [6, 6.07) is 0. The van der Waals surface area contributed by atoms with Gasteiger partial charge in [0, 0.05) is 0 Å². The molecule has 80 valence electrons. The minimum atomic E-state index is -0.102. The molecule has 0 aliphatic rings. The molecule has 0 saturated heterocycles. The predicted molar refractivity (Wildman–Crippen MR) is 58.7 cm³/mol. The van der Waals surface area contributed by atoms with Gasteiger partial charge in [0.25, 0.3) is 0 Å². The highest BCUT2D eigenvalue weighted by Crippen LogP contribution is 2.22. The van der Waals surface area contributed by atoms with Gasteiger partial charge in [0.05, 0.1) is 6.10 Å². The van der Waals surface area contributed by atoms with Crippen LogP contribution in [0.15, 0.2) is 0 Å². The Morgan fingerprint density at radius 3 is 1.92 bits per heavy atom. The lowest BCUT2D eigenvalue weighted by Gasteiger charge is -2.22. The van der Waals surface area contributed by atoms with Crippen molar-refractivity contribution in [2.75, 3.05) is 0 Å². The van der Waals surface area contributed by atoms with E-state index in [4.69, 9.17) is 0 Å². The molecule has 1 nitrogen and oxygen atoms in total. The highest BCUT2D eigenvalue weighted by Gasteiger charge is 2.15. The molecule has 13 heavy (non-hydrogen) atoms. The van der Waals surface area contributed by atoms with Crippen LogP contribution >= 0.6 is 0 Å². The smallest absolute Gasteiger partial charge is 0.0563 e. The van der Waals surface area contributed by atoms with E-state index >= 15 is 0 Å². The van der Waals surface area contributed by atoms with Crippen LogP contribution < -0.4 is 0 Å². The Morgan fingerprint density at radius 1 is 1.00 bits per heavy atom. The quantitative estimate of drug-likeness (QED) is 0.673. The van der Waals surface area contributed by atoms with Crippen LogP contribution in [-0.2, 0) is 0 Å². The van der Waals surface area contributed by atoms with Gasteiger partial charge in [-0.1, -0.05) is 34.6 Å². The van der Waals surface area contributed by atoms with Crippen molar-refractivity contribution in [3.8, 4) is 0 Å². The van der Waals surface area contributed by atoms with E-state index in [-0.39, 0.29) is 6.10 Å². The van der Waals surface area contributed by atoms with E-state index in [1.165, 1.54) is 6.42 Å². The number of rotatable bonds is 6. The predicted octanol–water partition coefficient (Wildman–Crippen LogP) is 3.47. The first-order valence-corrected chi connectivity index (χ1v) is 5.65. The van der Waals surface area contributed by atoms with Crippen molar-refractivity contribution in [3.63, 3.8) is 0 Å². The molecule has 0 aliphatic heterocycles. The fraction of sp³-hybridized carbons (Fsp3) is 1.00. The van der Waals surface area contributed by atoms with Crippen LogP contribution in [0.1, 0.15) is 53.9 Å². The molecule has 0 heterocycles. The average molecular weight is 186 g/mol. The first-order valence-electron chi connectivity index (χ1n) is 5.65. The van der Waals surface area contributed by atoms with Crippen LogP contribution in [0.3, 0.4) is 0 Å². The van der Waals surface area contributed by atoms with Crippen molar-refractivity contribution >= 4 is 0 Å². The number of hydrogen-bond acceptors (Lipinski definition) is 1. The zero-order chi connectivity index (χ0) is 10.4. The third-order valence-corrected chi connectivity index (χ3v) is 2.72. The number of aliphatic hydroxyl groups is 1. The summed E-state index contributed by atoms with van der Waals surface area (Å²) in [4.78, 5) is 0. The van der Waals surface area contributed by atoms with Crippen LogP contribution in [0.2, 0.25) is 0 Å². The summed E-state index contributed by atoms with van der Waals surface area (Å²) in [5, 5.41) is 9.61. The third kappa shape index (κ3) is 6.09. The monoisotopic (exact) mass is 186 g/mol. The molecule has 3 unspecified atom stereocenters. The van der Waals surface area contributed by atoms with Gasteiger partial charge in [-0.25, -0.2) is 0 Å². The van der Waals surface area contributed by atoms with Crippen LogP contribution in [-0.4, -0.2) is 11.2 Å². The maximum atomic E-state index is 9.61. The molecule has 0 aromatic heterocycles. The Labute approximate surface area is 83.5 Å². The molecule has 1 N–H and O–H groups in total. The lowest BCUT2D eigenvalue weighted by Crippen LogP contribution is -2.19. The van der Waals surface area contributed by atoms with Crippen molar-refractivity contribution in [1.82, 2.24) is 0 Å². The highest BCUT2D eigenvalue weighted by atomic mass is 16.3. The van der Waals surface area contributed by atoms with Gasteiger partial charge in [0.15, 0.2) is 0 Å². The summed E-state index contributed by atoms with van der Waals surface area (Å²) in [7, 11) is 0. The Morgan fingerprint density at radius 2 is 1.54 bits per heavy atom. The minimum absolute atomic E-state index is 0.102. The first-order chi connectivity index (χ1) is 5.97. The molecule has 0 radical (unpaired) electrons. The second kappa shape index (κ2) is 6.42. The molecule has 1 heteroatoms. The number of aliphatic hydroxyl groups excluding tert-OH is 1. The average Bonchev–Trinajstić information content (AvgIpc) is 2.01. The summed E-state index contributed by atoms with van der Waals surface area (Å²) in [6.07, 6.45) is 3.22. The molecule has 0 fully saturated rings. The van der Waals surface area contributed by atoms with E-state index in [1.54, 1.807) is 0 Å². The molecule has 0 aromatic rings. The lowest BCUT2D eigenvalue weighted by atomic mass is 9.87. The zero-order valence-corrected chi connectivity index (χ0v) is 9.88. The van der Waals surface area contributed by atoms with Gasteiger partial charge in [0.1, 0.15) is 0 Å². The van der Waals surface area contributed by atoms with Gasteiger partial charge in [-0.05, 0) is 37.0 Å². The van der Waals surface area contributed by atoms with E-state index in [2.05, 4.69) is 27.7 Å². The summed E-state index contributed by atoms with van der Waals surface area (Å²) < 4.78 is 0. The van der Waals surface area contributed by atoms with Crippen LogP contribution in [0, 0.1) is 17.8 Å². The van der Waals surface area contributed by atoms with E-state index in [9.17, 15) is 5.11 Å². The van der Waals surface area contributed by atoms with Crippen molar-refractivity contribution < 1.29 is 5.11 Å². The Hall–Kier alpha value is -0.0400. The maximum Gasteiger partial charge on any atom is 0.0563 e. The molecule has 0 aromatic carbocycles. The third-order valence-electron chi connectivity index (χ3n) is 2.72. The normalized spacial score (nSPS) is 18.7. The van der Waals surface area contributed by atoms with Crippen LogP contribution in [0.4, 0.5) is 0 Å². The van der Waals surface area contributed by atoms with Gasteiger partial charge < -0.3 is 5.11 Å². The van der Waals surface area contributed by atoms with E-state index in [1.807, 2.05) is 6.92 Å². The van der Waals surface area contributed by atoms with Crippen molar-refractivity contribution in [3.05, 3.63) is 0 Å². The SMILES string of the molecule is CCC(O)C(C)CC(C)CC(C)C. The topological polar surface area (TPSA) is 20.2 Å². The molecule has 0 aliphatic carbocycles. The Balaban J connectivity index is 3.70. The van der Waals surface area contributed by atoms with Gasteiger partial charge in [-0.2, -0.15) is 0 Å². The van der Waals surface area contributed by atoms with Gasteiger partial charge in [-0.3, -0.25) is 0 Å². The lowest BCUT2D eigenvalue weighted by molar-refractivity contribution is 0.0972. The molecule has 0 rings (SSSR count). The van der Waals surface area contributed by atoms with Crippen molar-refractivity contribution in [2.24, 2.45) is 17.8 Å². The molecule has 0 bridgehead atoms. The second-order valence-electron chi connectivity index (χ2n) is 4.92. The van der Waals surface area contributed by atoms with Crippen molar-refractivity contribution in [1.29, 1.82) is 0 Å². The molecule has 0 saturated carbocycles. The number of hydrogen-bond donors (Lipinski definition) is 1. The minimum Gasteiger partial charge on any atom is -0.393 e. The zero-order valence-electron chi connectivity index (χ0n) is 9.88.